The Hall–Kier alpha value is -5.05. The van der Waals surface area contributed by atoms with Gasteiger partial charge in [0.25, 0.3) is 12.3 Å². The van der Waals surface area contributed by atoms with Crippen molar-refractivity contribution >= 4 is 59.1 Å². The second-order valence-corrected chi connectivity index (χ2v) is 16.2. The van der Waals surface area contributed by atoms with Gasteiger partial charge in [-0.25, -0.2) is 14.8 Å². The Labute approximate surface area is 322 Å². The highest BCUT2D eigenvalue weighted by Crippen LogP contribution is 2.37. The molecule has 14 nitrogen and oxygen atoms in total. The average Bonchev–Trinajstić information content (AvgIpc) is 3.75. The topological polar surface area (TPSA) is 170 Å². The lowest BCUT2D eigenvalue weighted by Gasteiger charge is -2.43. The first-order valence-corrected chi connectivity index (χ1v) is 20.1. The van der Waals surface area contributed by atoms with E-state index in [0.29, 0.717) is 46.6 Å². The number of ether oxygens (including phenoxy) is 1. The number of fused-ring (bicyclic) bond motifs is 2. The maximum atomic E-state index is 15.2. The third-order valence-electron chi connectivity index (χ3n) is 10.2. The van der Waals surface area contributed by atoms with E-state index in [1.807, 2.05) is 19.0 Å². The van der Waals surface area contributed by atoms with Gasteiger partial charge in [0.2, 0.25) is 11.8 Å². The lowest BCUT2D eigenvalue weighted by Crippen LogP contribution is -2.58. The maximum absolute atomic E-state index is 15.2. The number of halogens is 1. The highest BCUT2D eigenvalue weighted by atomic mass is 32.1. The number of anilines is 1. The molecule has 0 radical (unpaired) electrons. The number of likely N-dealkylation sites (tertiary alicyclic amines) is 1. The normalized spacial score (nSPS) is 21.3. The minimum Gasteiger partial charge on any atom is -0.575 e. The minimum atomic E-state index is -2.60. The lowest BCUT2D eigenvalue weighted by atomic mass is 9.91. The standard InChI is InChI=1S/C38H41FN7O7PS/c1-22(43-54(51)53-27-9-5-4-6-10-27)38(50)52-33(39)23-12-15-31-24(16-23)17-32(55-31)35(47)42-29-11-7-8-26-13-14-30(46(26)36(29)48)37(49)45-19-25(20-45)28-18-40-21-41-34(28)44(2)3/h4-6,9-10,12,15-18,21-22,25-26,29-30,33H,7-8,11,13-14,19-20H2,1-3H3,(H,42,47)/t22-,26-,29-,30-,33+/m0/s1. The quantitative estimate of drug-likeness (QED) is 0.164. The van der Waals surface area contributed by atoms with Crippen molar-refractivity contribution in [1.82, 2.24) is 25.1 Å². The van der Waals surface area contributed by atoms with Crippen molar-refractivity contribution in [2.75, 3.05) is 32.1 Å². The summed E-state index contributed by atoms with van der Waals surface area (Å²) in [6, 6.07) is 11.8. The van der Waals surface area contributed by atoms with Crippen LogP contribution in [-0.4, -0.2) is 94.8 Å². The minimum absolute atomic E-state index is 0.0428. The Morgan fingerprint density at radius 1 is 1.09 bits per heavy atom. The number of alkyl halides is 1. The fourth-order valence-corrected chi connectivity index (χ4v) is 9.07. The smallest absolute Gasteiger partial charge is 0.395 e. The number of benzene rings is 2. The van der Waals surface area contributed by atoms with E-state index in [4.69, 9.17) is 9.26 Å². The summed E-state index contributed by atoms with van der Waals surface area (Å²) in [7, 11) is 1.24. The molecule has 3 fully saturated rings. The van der Waals surface area contributed by atoms with Gasteiger partial charge < -0.3 is 29.6 Å². The molecule has 0 saturated carbocycles. The number of para-hydroxylation sites is 1. The highest BCUT2D eigenvalue weighted by molar-refractivity contribution is 7.34. The summed E-state index contributed by atoms with van der Waals surface area (Å²) < 4.78 is 29.8. The first-order valence-electron chi connectivity index (χ1n) is 18.1. The summed E-state index contributed by atoms with van der Waals surface area (Å²) in [4.78, 5) is 80.5. The molecule has 3 aliphatic heterocycles. The summed E-state index contributed by atoms with van der Waals surface area (Å²) in [6.07, 6.45) is 4.41. The number of nitrogens with zero attached hydrogens (tertiary/aromatic N) is 6. The molecule has 288 valence electrons. The van der Waals surface area contributed by atoms with Gasteiger partial charge in [0.1, 0.15) is 24.2 Å². The molecule has 2 aromatic heterocycles. The van der Waals surface area contributed by atoms with Crippen molar-refractivity contribution in [2.24, 2.45) is 4.74 Å². The summed E-state index contributed by atoms with van der Waals surface area (Å²) in [5, 5.41) is 3.47. The third-order valence-corrected chi connectivity index (χ3v) is 12.2. The largest absolute Gasteiger partial charge is 0.575 e. The van der Waals surface area contributed by atoms with E-state index in [2.05, 4.69) is 20.0 Å². The number of carbonyl (C=O) groups is 4. The van der Waals surface area contributed by atoms with Crippen molar-refractivity contribution < 1.29 is 37.7 Å². The SMILES string of the molecule is C[C@H](N=[P+]([O-])Oc1ccccc1)C(=O)O[C@@H](F)c1ccc2sc(C(=O)N[C@H]3CCC[C@H]4CC[C@@H](C(=O)N5CC(c6cncnc6N(C)C)C5)N4C3=O)cc2c1. The molecular formula is C38H41FN7O7PS. The maximum Gasteiger partial charge on any atom is 0.395 e. The molecule has 55 heavy (non-hydrogen) atoms. The van der Waals surface area contributed by atoms with Gasteiger partial charge in [-0.05, 0) is 74.7 Å². The molecule has 1 N–H and O–H groups in total. The Morgan fingerprint density at radius 3 is 2.64 bits per heavy atom. The second-order valence-electron chi connectivity index (χ2n) is 14.2. The van der Waals surface area contributed by atoms with Crippen molar-refractivity contribution in [3.05, 3.63) is 83.1 Å². The van der Waals surface area contributed by atoms with Gasteiger partial charge in [0.05, 0.1) is 4.88 Å². The van der Waals surface area contributed by atoms with E-state index >= 15 is 4.39 Å². The van der Waals surface area contributed by atoms with E-state index in [-0.39, 0.29) is 29.3 Å². The van der Waals surface area contributed by atoms with Crippen LogP contribution >= 0.6 is 19.5 Å². The molecule has 3 aliphatic rings. The van der Waals surface area contributed by atoms with Gasteiger partial charge in [-0.1, -0.05) is 29.0 Å². The molecule has 17 heteroatoms. The van der Waals surface area contributed by atoms with Crippen LogP contribution < -0.4 is 19.6 Å². The van der Waals surface area contributed by atoms with Gasteiger partial charge in [-0.15, -0.1) is 11.3 Å². The zero-order valence-corrected chi connectivity index (χ0v) is 32.3. The highest BCUT2D eigenvalue weighted by Gasteiger charge is 2.48. The number of amides is 3. The molecule has 6 atom stereocenters. The van der Waals surface area contributed by atoms with Crippen molar-refractivity contribution in [3.8, 4) is 5.75 Å². The lowest BCUT2D eigenvalue weighted by molar-refractivity contribution is -0.171. The first kappa shape index (κ1) is 38.2. The number of aromatic nitrogens is 2. The molecule has 5 heterocycles. The number of esters is 1. The van der Waals surface area contributed by atoms with Gasteiger partial charge >= 0.3 is 14.1 Å². The number of carbonyl (C=O) groups excluding carboxylic acids is 4. The number of thiophene rings is 1. The monoisotopic (exact) mass is 789 g/mol. The fourth-order valence-electron chi connectivity index (χ4n) is 7.40. The molecule has 0 spiro atoms. The van der Waals surface area contributed by atoms with Crippen molar-refractivity contribution in [1.29, 1.82) is 0 Å². The van der Waals surface area contributed by atoms with E-state index in [1.54, 1.807) is 58.5 Å². The van der Waals surface area contributed by atoms with E-state index < -0.39 is 44.5 Å². The van der Waals surface area contributed by atoms with Crippen molar-refractivity contribution in [2.45, 2.75) is 75.5 Å². The number of rotatable bonds is 11. The van der Waals surface area contributed by atoms with Crippen LogP contribution in [0.4, 0.5) is 10.2 Å². The van der Waals surface area contributed by atoms with Crippen LogP contribution in [0, 0.1) is 0 Å². The molecule has 7 rings (SSSR count). The summed E-state index contributed by atoms with van der Waals surface area (Å²) in [5.74, 6) is -0.548. The van der Waals surface area contributed by atoms with Crippen molar-refractivity contribution in [3.63, 3.8) is 0 Å². The van der Waals surface area contributed by atoms with Crippen LogP contribution in [-0.2, 0) is 19.1 Å². The van der Waals surface area contributed by atoms with Gasteiger partial charge in [-0.3, -0.25) is 18.9 Å². The number of nitrogens with one attached hydrogen (secondary N) is 1. The number of hydrogen-bond donors (Lipinski definition) is 1. The zero-order chi connectivity index (χ0) is 38.8. The van der Waals surface area contributed by atoms with Crippen LogP contribution in [0.15, 0.2) is 71.9 Å². The van der Waals surface area contributed by atoms with Crippen LogP contribution in [0.2, 0.25) is 0 Å². The number of hydrogen-bond acceptors (Lipinski definition) is 12. The average molecular weight is 790 g/mol. The molecule has 4 aromatic rings. The predicted molar refractivity (Wildman–Crippen MR) is 202 cm³/mol. The zero-order valence-electron chi connectivity index (χ0n) is 30.5. The molecule has 3 saturated heterocycles. The van der Waals surface area contributed by atoms with E-state index in [9.17, 15) is 24.1 Å². The molecule has 0 bridgehead atoms. The van der Waals surface area contributed by atoms with Gasteiger partial charge in [-0.2, -0.15) is 4.39 Å². The summed E-state index contributed by atoms with van der Waals surface area (Å²) >= 11 is 1.19. The van der Waals surface area contributed by atoms with E-state index in [0.717, 1.165) is 30.6 Å². The molecule has 2 aromatic carbocycles. The molecule has 3 amide bonds. The fraction of sp³-hybridized carbons (Fsp3) is 0.421. The summed E-state index contributed by atoms with van der Waals surface area (Å²) in [6.45, 7) is 2.38. The summed E-state index contributed by atoms with van der Waals surface area (Å²) in [5.41, 5.74) is 1.03. The predicted octanol–water partition coefficient (Wildman–Crippen LogP) is 4.86. The first-order chi connectivity index (χ1) is 26.5. The Kier molecular flexibility index (Phi) is 11.4. The molecule has 1 unspecified atom stereocenters. The van der Waals surface area contributed by atoms with Crippen LogP contribution in [0.5, 0.6) is 5.75 Å². The third kappa shape index (κ3) is 8.31. The molecule has 0 aliphatic carbocycles. The Morgan fingerprint density at radius 2 is 1.87 bits per heavy atom. The second kappa shape index (κ2) is 16.4. The van der Waals surface area contributed by atoms with Crippen LogP contribution in [0.3, 0.4) is 0 Å². The van der Waals surface area contributed by atoms with Crippen LogP contribution in [0.25, 0.3) is 10.1 Å². The van der Waals surface area contributed by atoms with E-state index in [1.165, 1.54) is 36.7 Å². The van der Waals surface area contributed by atoms with Gasteiger partial charge in [0, 0.05) is 61.2 Å². The Bertz CT molecular complexity index is 2110. The Balaban J connectivity index is 0.962. The molecular weight excluding hydrogens is 748 g/mol. The van der Waals surface area contributed by atoms with Crippen LogP contribution in [0.1, 0.15) is 72.1 Å². The van der Waals surface area contributed by atoms with Gasteiger partial charge in [0.15, 0.2) is 11.8 Å².